The highest BCUT2D eigenvalue weighted by Crippen LogP contribution is 2.25. The van der Waals surface area contributed by atoms with Crippen LogP contribution < -0.4 is 5.56 Å². The molecule has 28 heavy (non-hydrogen) atoms. The molecule has 152 valence electrons. The van der Waals surface area contributed by atoms with Crippen LogP contribution in [0.4, 0.5) is 0 Å². The van der Waals surface area contributed by atoms with E-state index in [2.05, 4.69) is 4.98 Å². The molecule has 0 aliphatic carbocycles. The number of rotatable bonds is 6. The Bertz CT molecular complexity index is 894. The second-order valence-electron chi connectivity index (χ2n) is 7.01. The summed E-state index contributed by atoms with van der Waals surface area (Å²) in [6.07, 6.45) is 4.45. The van der Waals surface area contributed by atoms with Gasteiger partial charge in [0.25, 0.3) is 5.56 Å². The van der Waals surface area contributed by atoms with Crippen molar-refractivity contribution in [2.75, 3.05) is 26.8 Å². The van der Waals surface area contributed by atoms with Gasteiger partial charge in [0.15, 0.2) is 5.16 Å². The van der Waals surface area contributed by atoms with Crippen LogP contribution in [0.15, 0.2) is 28.2 Å². The fourth-order valence-electron chi connectivity index (χ4n) is 3.40. The fourth-order valence-corrected chi connectivity index (χ4v) is 4.59. The Morgan fingerprint density at radius 2 is 2.00 bits per heavy atom. The summed E-state index contributed by atoms with van der Waals surface area (Å²) >= 11 is 7.41. The number of likely N-dealkylation sites (tertiary alicyclic amines) is 1. The van der Waals surface area contributed by atoms with Crippen LogP contribution in [-0.4, -0.2) is 52.4 Å². The van der Waals surface area contributed by atoms with Crippen molar-refractivity contribution in [1.82, 2.24) is 14.5 Å². The number of aromatic nitrogens is 2. The van der Waals surface area contributed by atoms with E-state index >= 15 is 0 Å². The Morgan fingerprint density at radius 1 is 1.29 bits per heavy atom. The highest BCUT2D eigenvalue weighted by molar-refractivity contribution is 8.00. The molecule has 0 spiro atoms. The van der Waals surface area contributed by atoms with Crippen LogP contribution in [0.5, 0.6) is 0 Å². The second kappa shape index (κ2) is 9.76. The molecule has 1 aromatic carbocycles. The van der Waals surface area contributed by atoms with E-state index in [-0.39, 0.29) is 16.7 Å². The van der Waals surface area contributed by atoms with Crippen molar-refractivity contribution in [2.24, 2.45) is 0 Å². The summed E-state index contributed by atoms with van der Waals surface area (Å²) in [4.78, 5) is 32.5. The number of hydrogen-bond acceptors (Lipinski definition) is 5. The van der Waals surface area contributed by atoms with Crippen LogP contribution in [0.1, 0.15) is 32.6 Å². The van der Waals surface area contributed by atoms with Crippen molar-refractivity contribution in [2.45, 2.75) is 49.6 Å². The van der Waals surface area contributed by atoms with Crippen LogP contribution in [0.2, 0.25) is 5.02 Å². The largest absolute Gasteiger partial charge is 0.383 e. The number of halogens is 1. The van der Waals surface area contributed by atoms with Crippen LogP contribution in [0, 0.1) is 0 Å². The van der Waals surface area contributed by atoms with Crippen LogP contribution >= 0.6 is 23.4 Å². The van der Waals surface area contributed by atoms with E-state index in [1.807, 2.05) is 11.8 Å². The molecule has 1 unspecified atom stereocenters. The number of carbonyl (C=O) groups excluding carboxylic acids is 1. The number of benzene rings is 1. The molecule has 8 heteroatoms. The number of nitrogens with zero attached hydrogens (tertiary/aromatic N) is 3. The van der Waals surface area contributed by atoms with Gasteiger partial charge in [0.2, 0.25) is 5.91 Å². The maximum Gasteiger partial charge on any atom is 0.262 e. The molecule has 1 amide bonds. The molecular formula is C20H26ClN3O3S. The first-order valence-electron chi connectivity index (χ1n) is 9.65. The Balaban J connectivity index is 1.91. The zero-order valence-corrected chi connectivity index (χ0v) is 17.9. The van der Waals surface area contributed by atoms with E-state index in [1.54, 1.807) is 29.9 Å². The minimum absolute atomic E-state index is 0.102. The zero-order valence-electron chi connectivity index (χ0n) is 16.3. The molecule has 2 heterocycles. The van der Waals surface area contributed by atoms with Crippen molar-refractivity contribution in [3.05, 3.63) is 33.6 Å². The molecule has 0 N–H and O–H groups in total. The lowest BCUT2D eigenvalue weighted by atomic mass is 10.2. The summed E-state index contributed by atoms with van der Waals surface area (Å²) in [7, 11) is 1.59. The van der Waals surface area contributed by atoms with Crippen molar-refractivity contribution in [3.63, 3.8) is 0 Å². The van der Waals surface area contributed by atoms with Gasteiger partial charge in [-0.3, -0.25) is 14.2 Å². The predicted molar refractivity (Wildman–Crippen MR) is 113 cm³/mol. The van der Waals surface area contributed by atoms with Gasteiger partial charge in [-0.2, -0.15) is 0 Å². The van der Waals surface area contributed by atoms with E-state index in [1.165, 1.54) is 24.6 Å². The quantitative estimate of drug-likeness (QED) is 0.524. The lowest BCUT2D eigenvalue weighted by molar-refractivity contribution is -0.130. The van der Waals surface area contributed by atoms with Crippen molar-refractivity contribution in [3.8, 4) is 0 Å². The highest BCUT2D eigenvalue weighted by Gasteiger charge is 2.24. The molecule has 0 saturated carbocycles. The lowest BCUT2D eigenvalue weighted by Gasteiger charge is -2.24. The summed E-state index contributed by atoms with van der Waals surface area (Å²) in [5.74, 6) is 0.102. The maximum absolute atomic E-state index is 13.0. The smallest absolute Gasteiger partial charge is 0.262 e. The standard InChI is InChI=1S/C20H26ClN3O3S/c1-14(18(25)23-9-5-3-4-6-10-23)28-20-22-17-13-15(21)7-8-16(17)19(26)24(20)11-12-27-2/h7-8,13-14H,3-6,9-12H2,1-2H3. The van der Waals surface area contributed by atoms with Crippen LogP contribution in [0.25, 0.3) is 10.9 Å². The van der Waals surface area contributed by atoms with E-state index in [0.717, 1.165) is 25.9 Å². The Labute approximate surface area is 174 Å². The van der Waals surface area contributed by atoms with E-state index in [9.17, 15) is 9.59 Å². The van der Waals surface area contributed by atoms with Gasteiger partial charge in [-0.25, -0.2) is 4.98 Å². The first kappa shape index (κ1) is 21.1. The van der Waals surface area contributed by atoms with Crippen LogP contribution in [0.3, 0.4) is 0 Å². The summed E-state index contributed by atoms with van der Waals surface area (Å²) < 4.78 is 6.75. The van der Waals surface area contributed by atoms with Gasteiger partial charge in [-0.05, 0) is 38.0 Å². The normalized spacial score (nSPS) is 16.2. The number of thioether (sulfide) groups is 1. The summed E-state index contributed by atoms with van der Waals surface area (Å²) in [5, 5.41) is 1.23. The van der Waals surface area contributed by atoms with E-state index in [0.29, 0.717) is 34.2 Å². The third-order valence-corrected chi connectivity index (χ3v) is 6.26. The summed E-state index contributed by atoms with van der Waals surface area (Å²) in [6.45, 7) is 4.27. The third kappa shape index (κ3) is 4.88. The fraction of sp³-hybridized carbons (Fsp3) is 0.550. The summed E-state index contributed by atoms with van der Waals surface area (Å²) in [6, 6.07) is 5.06. The molecule has 6 nitrogen and oxygen atoms in total. The van der Waals surface area contributed by atoms with E-state index < -0.39 is 0 Å². The molecule has 1 aliphatic heterocycles. The van der Waals surface area contributed by atoms with Gasteiger partial charge in [0.1, 0.15) is 0 Å². The van der Waals surface area contributed by atoms with Crippen molar-refractivity contribution >= 4 is 40.2 Å². The topological polar surface area (TPSA) is 64.4 Å². The minimum Gasteiger partial charge on any atom is -0.383 e. The predicted octanol–water partition coefficient (Wildman–Crippen LogP) is 3.58. The number of methoxy groups -OCH3 is 1. The highest BCUT2D eigenvalue weighted by atomic mass is 35.5. The average Bonchev–Trinajstić information content (AvgIpc) is 2.96. The summed E-state index contributed by atoms with van der Waals surface area (Å²) in [5.41, 5.74) is 0.402. The number of carbonyl (C=O) groups is 1. The molecule has 1 atom stereocenters. The average molecular weight is 424 g/mol. The number of fused-ring (bicyclic) bond motifs is 1. The second-order valence-corrected chi connectivity index (χ2v) is 8.75. The van der Waals surface area contributed by atoms with Gasteiger partial charge in [0.05, 0.1) is 29.3 Å². The molecule has 1 aliphatic rings. The van der Waals surface area contributed by atoms with Gasteiger partial charge in [0, 0.05) is 25.2 Å². The maximum atomic E-state index is 13.0. The molecule has 1 fully saturated rings. The first-order valence-corrected chi connectivity index (χ1v) is 10.9. The molecular weight excluding hydrogens is 398 g/mol. The monoisotopic (exact) mass is 423 g/mol. The molecule has 1 saturated heterocycles. The minimum atomic E-state index is -0.324. The lowest BCUT2D eigenvalue weighted by Crippen LogP contribution is -2.37. The van der Waals surface area contributed by atoms with Crippen molar-refractivity contribution < 1.29 is 9.53 Å². The first-order chi connectivity index (χ1) is 13.5. The van der Waals surface area contributed by atoms with E-state index in [4.69, 9.17) is 16.3 Å². The molecule has 3 rings (SSSR count). The van der Waals surface area contributed by atoms with Gasteiger partial charge < -0.3 is 9.64 Å². The number of hydrogen-bond donors (Lipinski definition) is 0. The third-order valence-electron chi connectivity index (χ3n) is 4.95. The Morgan fingerprint density at radius 3 is 2.68 bits per heavy atom. The number of amides is 1. The number of ether oxygens (including phenoxy) is 1. The molecule has 0 radical (unpaired) electrons. The van der Waals surface area contributed by atoms with Gasteiger partial charge >= 0.3 is 0 Å². The molecule has 2 aromatic rings. The van der Waals surface area contributed by atoms with Gasteiger partial charge in [-0.15, -0.1) is 0 Å². The van der Waals surface area contributed by atoms with Crippen molar-refractivity contribution in [1.29, 1.82) is 0 Å². The SMILES string of the molecule is COCCn1c(SC(C)C(=O)N2CCCCCC2)nc2cc(Cl)ccc2c1=O. The Kier molecular flexibility index (Phi) is 7.37. The molecule has 1 aromatic heterocycles. The van der Waals surface area contributed by atoms with Gasteiger partial charge in [-0.1, -0.05) is 36.2 Å². The van der Waals surface area contributed by atoms with Crippen LogP contribution in [-0.2, 0) is 16.1 Å². The molecule has 0 bridgehead atoms. The Hall–Kier alpha value is -1.57. The zero-order chi connectivity index (χ0) is 20.1.